The second-order valence-electron chi connectivity index (χ2n) is 7.53. The Labute approximate surface area is 173 Å². The van der Waals surface area contributed by atoms with Crippen molar-refractivity contribution in [3.8, 4) is 0 Å². The largest absolute Gasteiger partial charge is 0.356 e. The summed E-state index contributed by atoms with van der Waals surface area (Å²) in [6.07, 6.45) is 7.52. The smallest absolute Gasteiger partial charge is 0.242 e. The number of carbonyl (C=O) groups excluding carboxylic acids is 3. The maximum absolute atomic E-state index is 12.5. The number of nitrogens with zero attached hydrogens (tertiary/aromatic N) is 1. The van der Waals surface area contributed by atoms with Crippen molar-refractivity contribution >= 4 is 17.7 Å². The van der Waals surface area contributed by atoms with Gasteiger partial charge in [0.15, 0.2) is 0 Å². The van der Waals surface area contributed by atoms with Crippen LogP contribution in [0.5, 0.6) is 0 Å². The van der Waals surface area contributed by atoms with Gasteiger partial charge in [-0.15, -0.1) is 0 Å². The number of H-pyrrole nitrogens is 1. The van der Waals surface area contributed by atoms with E-state index in [9.17, 15) is 14.4 Å². The molecule has 9 nitrogen and oxygen atoms in total. The Kier molecular flexibility index (Phi) is 11.6. The molecule has 0 saturated carbocycles. The highest BCUT2D eigenvalue weighted by Crippen LogP contribution is 2.05. The molecule has 1 heterocycles. The van der Waals surface area contributed by atoms with Crippen LogP contribution >= 0.6 is 0 Å². The lowest BCUT2D eigenvalue weighted by Gasteiger charge is -2.20. The first-order valence-electron chi connectivity index (χ1n) is 10.4. The molecule has 0 aliphatic carbocycles. The molecule has 6 N–H and O–H groups in total. The number of rotatable bonds is 14. The maximum atomic E-state index is 12.5. The molecule has 3 amide bonds. The van der Waals surface area contributed by atoms with Gasteiger partial charge >= 0.3 is 0 Å². The van der Waals surface area contributed by atoms with E-state index in [1.807, 2.05) is 13.8 Å². The first-order valence-corrected chi connectivity index (χ1v) is 10.4. The normalized spacial score (nSPS) is 13.0. The molecule has 9 heteroatoms. The highest BCUT2D eigenvalue weighted by Gasteiger charge is 2.23. The van der Waals surface area contributed by atoms with Crippen LogP contribution in [0, 0.1) is 5.92 Å². The molecule has 29 heavy (non-hydrogen) atoms. The number of aromatic nitrogens is 2. The van der Waals surface area contributed by atoms with Gasteiger partial charge in [-0.1, -0.05) is 40.0 Å². The lowest BCUT2D eigenvalue weighted by Crippen LogP contribution is -2.52. The number of imidazole rings is 1. The molecule has 0 saturated heterocycles. The number of hydrogen-bond donors (Lipinski definition) is 5. The quantitative estimate of drug-likeness (QED) is 0.287. The van der Waals surface area contributed by atoms with Gasteiger partial charge in [0.1, 0.15) is 6.04 Å². The zero-order valence-corrected chi connectivity index (χ0v) is 17.8. The van der Waals surface area contributed by atoms with Gasteiger partial charge in [-0.2, -0.15) is 0 Å². The minimum Gasteiger partial charge on any atom is -0.356 e. The second kappa shape index (κ2) is 13.7. The minimum absolute atomic E-state index is 0.00714. The molecule has 0 aliphatic heterocycles. The average molecular weight is 409 g/mol. The third-order valence-electron chi connectivity index (χ3n) is 4.54. The summed E-state index contributed by atoms with van der Waals surface area (Å²) in [4.78, 5) is 43.3. The highest BCUT2D eigenvalue weighted by molar-refractivity contribution is 5.89. The van der Waals surface area contributed by atoms with Crippen molar-refractivity contribution in [2.75, 3.05) is 13.1 Å². The molecule has 2 atom stereocenters. The molecule has 0 fully saturated rings. The molecule has 0 bridgehead atoms. The third-order valence-corrected chi connectivity index (χ3v) is 4.54. The molecular formula is C20H36N6O3. The Morgan fingerprint density at radius 1 is 1.07 bits per heavy atom. The standard InChI is InChI=1S/C20H36N6O3/c1-4-5-6-8-17(20(29)24-10-7-9-23-18(27)14(2)3)26-19(28)16(21)11-15-12-22-13-25-15/h12-14,16-17H,4-11,21H2,1-3H3,(H,22,25)(H,23,27)(H,24,29)(H,26,28). The molecular weight excluding hydrogens is 372 g/mol. The van der Waals surface area contributed by atoms with Gasteiger partial charge in [0.25, 0.3) is 0 Å². The molecule has 1 aromatic rings. The van der Waals surface area contributed by atoms with E-state index in [4.69, 9.17) is 5.73 Å². The van der Waals surface area contributed by atoms with Crippen molar-refractivity contribution in [3.63, 3.8) is 0 Å². The number of nitrogens with two attached hydrogens (primary N) is 1. The first-order chi connectivity index (χ1) is 13.8. The van der Waals surface area contributed by atoms with Crippen LogP contribution in [0.4, 0.5) is 0 Å². The minimum atomic E-state index is -0.761. The maximum Gasteiger partial charge on any atom is 0.242 e. The van der Waals surface area contributed by atoms with Crippen LogP contribution in [-0.4, -0.2) is 52.9 Å². The highest BCUT2D eigenvalue weighted by atomic mass is 16.2. The molecule has 1 aromatic heterocycles. The summed E-state index contributed by atoms with van der Waals surface area (Å²) >= 11 is 0. The molecule has 0 aromatic carbocycles. The zero-order chi connectivity index (χ0) is 21.6. The van der Waals surface area contributed by atoms with Gasteiger partial charge in [-0.25, -0.2) is 4.98 Å². The van der Waals surface area contributed by atoms with Crippen LogP contribution in [0.1, 0.15) is 58.6 Å². The molecule has 164 valence electrons. The summed E-state index contributed by atoms with van der Waals surface area (Å²) < 4.78 is 0. The fourth-order valence-corrected chi connectivity index (χ4v) is 2.71. The molecule has 0 spiro atoms. The summed E-state index contributed by atoms with van der Waals surface area (Å²) in [5.41, 5.74) is 6.74. The summed E-state index contributed by atoms with van der Waals surface area (Å²) in [7, 11) is 0. The molecule has 0 radical (unpaired) electrons. The van der Waals surface area contributed by atoms with Gasteiger partial charge in [-0.3, -0.25) is 14.4 Å². The summed E-state index contributed by atoms with van der Waals surface area (Å²) in [6, 6.07) is -1.38. The van der Waals surface area contributed by atoms with Gasteiger partial charge in [-0.05, 0) is 12.8 Å². The Bertz CT molecular complexity index is 618. The van der Waals surface area contributed by atoms with Gasteiger partial charge in [0, 0.05) is 37.3 Å². The van der Waals surface area contributed by atoms with Crippen LogP contribution in [0.2, 0.25) is 0 Å². The van der Waals surface area contributed by atoms with Crippen LogP contribution < -0.4 is 21.7 Å². The van der Waals surface area contributed by atoms with Crippen molar-refractivity contribution in [1.82, 2.24) is 25.9 Å². The second-order valence-corrected chi connectivity index (χ2v) is 7.53. The fraction of sp³-hybridized carbons (Fsp3) is 0.700. The lowest BCUT2D eigenvalue weighted by atomic mass is 10.1. The average Bonchev–Trinajstić information content (AvgIpc) is 3.19. The number of carbonyl (C=O) groups is 3. The van der Waals surface area contributed by atoms with Crippen molar-refractivity contribution in [1.29, 1.82) is 0 Å². The van der Waals surface area contributed by atoms with Crippen molar-refractivity contribution in [3.05, 3.63) is 18.2 Å². The van der Waals surface area contributed by atoms with E-state index < -0.39 is 12.1 Å². The Hall–Kier alpha value is -2.42. The summed E-state index contributed by atoms with van der Waals surface area (Å²) in [5, 5.41) is 8.43. The lowest BCUT2D eigenvalue weighted by molar-refractivity contribution is -0.129. The van der Waals surface area contributed by atoms with Gasteiger partial charge < -0.3 is 26.7 Å². The Morgan fingerprint density at radius 3 is 2.34 bits per heavy atom. The van der Waals surface area contributed by atoms with E-state index in [1.54, 1.807) is 6.20 Å². The number of nitrogens with one attached hydrogen (secondary N) is 4. The molecule has 1 rings (SSSR count). The molecule has 2 unspecified atom stereocenters. The van der Waals surface area contributed by atoms with Crippen LogP contribution in [0.25, 0.3) is 0 Å². The van der Waals surface area contributed by atoms with Crippen molar-refractivity contribution < 1.29 is 14.4 Å². The van der Waals surface area contributed by atoms with E-state index in [-0.39, 0.29) is 23.6 Å². The zero-order valence-electron chi connectivity index (χ0n) is 17.8. The van der Waals surface area contributed by atoms with E-state index in [0.717, 1.165) is 25.0 Å². The van der Waals surface area contributed by atoms with Gasteiger partial charge in [0.2, 0.25) is 17.7 Å². The van der Waals surface area contributed by atoms with Crippen molar-refractivity contribution in [2.24, 2.45) is 11.7 Å². The van der Waals surface area contributed by atoms with E-state index >= 15 is 0 Å². The van der Waals surface area contributed by atoms with Crippen LogP contribution in [0.3, 0.4) is 0 Å². The number of amides is 3. The van der Waals surface area contributed by atoms with Gasteiger partial charge in [0.05, 0.1) is 12.4 Å². The Balaban J connectivity index is 2.46. The summed E-state index contributed by atoms with van der Waals surface area (Å²) in [5.74, 6) is -0.653. The monoisotopic (exact) mass is 408 g/mol. The topological polar surface area (TPSA) is 142 Å². The predicted octanol–water partition coefficient (Wildman–Crippen LogP) is 0.623. The third kappa shape index (κ3) is 10.1. The summed E-state index contributed by atoms with van der Waals surface area (Å²) in [6.45, 7) is 6.67. The van der Waals surface area contributed by atoms with Crippen LogP contribution in [-0.2, 0) is 20.8 Å². The predicted molar refractivity (Wildman–Crippen MR) is 112 cm³/mol. The first kappa shape index (κ1) is 24.6. The van der Waals surface area contributed by atoms with E-state index in [2.05, 4.69) is 32.8 Å². The van der Waals surface area contributed by atoms with E-state index in [0.29, 0.717) is 32.4 Å². The SMILES string of the molecule is CCCCCC(NC(=O)C(N)Cc1cnc[nH]1)C(=O)NCCCNC(=O)C(C)C. The number of aromatic amines is 1. The van der Waals surface area contributed by atoms with E-state index in [1.165, 1.54) is 6.33 Å². The fourth-order valence-electron chi connectivity index (χ4n) is 2.71. The molecule has 0 aliphatic rings. The Morgan fingerprint density at radius 2 is 1.76 bits per heavy atom. The number of unbranched alkanes of at least 4 members (excludes halogenated alkanes) is 2. The van der Waals surface area contributed by atoms with Crippen molar-refractivity contribution in [2.45, 2.75) is 71.4 Å². The van der Waals surface area contributed by atoms with Crippen LogP contribution in [0.15, 0.2) is 12.5 Å². The number of hydrogen-bond acceptors (Lipinski definition) is 5.